The Labute approximate surface area is 159 Å². The first kappa shape index (κ1) is 20.7. The number of rotatable bonds is 7. The van der Waals surface area contributed by atoms with Gasteiger partial charge in [0.2, 0.25) is 0 Å². The second-order valence-electron chi connectivity index (χ2n) is 6.23. The molecule has 0 unspecified atom stereocenters. The fraction of sp³-hybridized carbons (Fsp3) is 0.316. The molecule has 2 amide bonds. The SMILES string of the molecule is CCS(=O)(=O)Oc1ccc(CN(Cc2ccc(F)cc2)C(=O)N(C)C)cc1. The molecule has 2 aromatic carbocycles. The largest absolute Gasteiger partial charge is 0.382 e. The maximum atomic E-state index is 13.1. The molecule has 0 atom stereocenters. The summed E-state index contributed by atoms with van der Waals surface area (Å²) in [7, 11) is -0.261. The smallest absolute Gasteiger partial charge is 0.320 e. The Morgan fingerprint density at radius 3 is 1.89 bits per heavy atom. The lowest BCUT2D eigenvalue weighted by molar-refractivity contribution is 0.165. The van der Waals surface area contributed by atoms with Crippen LogP contribution in [-0.4, -0.2) is 44.1 Å². The molecular formula is C19H23FN2O4S. The minimum atomic E-state index is -3.58. The molecule has 0 aliphatic heterocycles. The molecule has 146 valence electrons. The maximum absolute atomic E-state index is 13.1. The monoisotopic (exact) mass is 394 g/mol. The van der Waals surface area contributed by atoms with Gasteiger partial charge in [0.1, 0.15) is 11.6 Å². The predicted octanol–water partition coefficient (Wildman–Crippen LogP) is 3.24. The zero-order valence-electron chi connectivity index (χ0n) is 15.6. The Hall–Kier alpha value is -2.61. The van der Waals surface area contributed by atoms with E-state index in [1.165, 1.54) is 24.0 Å². The standard InChI is InChI=1S/C19H23FN2O4S/c1-4-27(24,25)26-18-11-7-16(8-12-18)14-22(19(23)21(2)3)13-15-5-9-17(20)10-6-15/h5-12H,4,13-14H2,1-3H3. The fourth-order valence-corrected chi connectivity index (χ4v) is 2.88. The molecule has 27 heavy (non-hydrogen) atoms. The van der Waals surface area contributed by atoms with Gasteiger partial charge >= 0.3 is 16.1 Å². The molecule has 0 fully saturated rings. The van der Waals surface area contributed by atoms with Crippen molar-refractivity contribution < 1.29 is 21.8 Å². The van der Waals surface area contributed by atoms with Crippen molar-refractivity contribution >= 4 is 16.1 Å². The molecule has 8 heteroatoms. The van der Waals surface area contributed by atoms with Crippen LogP contribution in [0.2, 0.25) is 0 Å². The fourth-order valence-electron chi connectivity index (χ4n) is 2.36. The number of amides is 2. The van der Waals surface area contributed by atoms with Crippen molar-refractivity contribution in [3.63, 3.8) is 0 Å². The highest BCUT2D eigenvalue weighted by atomic mass is 32.2. The van der Waals surface area contributed by atoms with Crippen LogP contribution in [0.25, 0.3) is 0 Å². The third-order valence-electron chi connectivity index (χ3n) is 3.81. The molecule has 0 radical (unpaired) electrons. The normalized spacial score (nSPS) is 11.1. The number of halogens is 1. The average Bonchev–Trinajstić information content (AvgIpc) is 2.63. The number of urea groups is 1. The van der Waals surface area contributed by atoms with Crippen LogP contribution < -0.4 is 4.18 Å². The van der Waals surface area contributed by atoms with Gasteiger partial charge in [-0.3, -0.25) is 0 Å². The first-order valence-corrected chi connectivity index (χ1v) is 9.99. The number of benzene rings is 2. The van der Waals surface area contributed by atoms with Crippen LogP contribution in [0.4, 0.5) is 9.18 Å². The van der Waals surface area contributed by atoms with Crippen molar-refractivity contribution in [2.75, 3.05) is 19.8 Å². The van der Waals surface area contributed by atoms with Crippen LogP contribution in [0.15, 0.2) is 48.5 Å². The number of hydrogen-bond acceptors (Lipinski definition) is 4. The van der Waals surface area contributed by atoms with E-state index in [1.54, 1.807) is 55.4 Å². The summed E-state index contributed by atoms with van der Waals surface area (Å²) in [5.74, 6) is -0.219. The maximum Gasteiger partial charge on any atom is 0.320 e. The first-order chi connectivity index (χ1) is 12.7. The molecule has 2 rings (SSSR count). The molecule has 0 aliphatic carbocycles. The third kappa shape index (κ3) is 6.25. The zero-order chi connectivity index (χ0) is 20.0. The third-order valence-corrected chi connectivity index (χ3v) is 4.97. The number of carbonyl (C=O) groups is 1. The van der Waals surface area contributed by atoms with Crippen LogP contribution in [0.1, 0.15) is 18.1 Å². The summed E-state index contributed by atoms with van der Waals surface area (Å²) in [6, 6.07) is 12.3. The molecule has 0 saturated heterocycles. The van der Waals surface area contributed by atoms with Gasteiger partial charge in [0.15, 0.2) is 0 Å². The van der Waals surface area contributed by atoms with Gasteiger partial charge in [-0.2, -0.15) is 8.42 Å². The van der Waals surface area contributed by atoms with Crippen molar-refractivity contribution in [1.82, 2.24) is 9.80 Å². The lowest BCUT2D eigenvalue weighted by Gasteiger charge is -2.26. The zero-order valence-corrected chi connectivity index (χ0v) is 16.4. The van der Waals surface area contributed by atoms with E-state index in [9.17, 15) is 17.6 Å². The van der Waals surface area contributed by atoms with Crippen molar-refractivity contribution in [1.29, 1.82) is 0 Å². The van der Waals surface area contributed by atoms with Gasteiger partial charge in [0, 0.05) is 27.2 Å². The second-order valence-corrected chi connectivity index (χ2v) is 8.09. The molecule has 0 bridgehead atoms. The van der Waals surface area contributed by atoms with Gasteiger partial charge in [0.05, 0.1) is 5.75 Å². The van der Waals surface area contributed by atoms with E-state index >= 15 is 0 Å². The van der Waals surface area contributed by atoms with E-state index in [0.29, 0.717) is 13.1 Å². The number of nitrogens with zero attached hydrogens (tertiary/aromatic N) is 2. The molecule has 0 N–H and O–H groups in total. The lowest BCUT2D eigenvalue weighted by atomic mass is 10.1. The summed E-state index contributed by atoms with van der Waals surface area (Å²) >= 11 is 0. The molecular weight excluding hydrogens is 371 g/mol. The van der Waals surface area contributed by atoms with Gasteiger partial charge in [0.25, 0.3) is 0 Å². The van der Waals surface area contributed by atoms with Gasteiger partial charge in [-0.05, 0) is 42.3 Å². The summed E-state index contributed by atoms with van der Waals surface area (Å²) < 4.78 is 41.1. The second kappa shape index (κ2) is 8.85. The Bertz CT molecular complexity index is 866. The highest BCUT2D eigenvalue weighted by Gasteiger charge is 2.17. The lowest BCUT2D eigenvalue weighted by Crippen LogP contribution is -2.38. The predicted molar refractivity (Wildman–Crippen MR) is 101 cm³/mol. The molecule has 0 saturated carbocycles. The summed E-state index contributed by atoms with van der Waals surface area (Å²) in [6.07, 6.45) is 0. The van der Waals surface area contributed by atoms with Crippen molar-refractivity contribution in [2.24, 2.45) is 0 Å². The first-order valence-electron chi connectivity index (χ1n) is 8.42. The number of carbonyl (C=O) groups excluding carboxylic acids is 1. The van der Waals surface area contributed by atoms with E-state index in [2.05, 4.69) is 0 Å². The summed E-state index contributed by atoms with van der Waals surface area (Å²) in [5, 5.41) is 0. The summed E-state index contributed by atoms with van der Waals surface area (Å²) in [6.45, 7) is 2.14. The van der Waals surface area contributed by atoms with Crippen LogP contribution in [0.3, 0.4) is 0 Å². The molecule has 6 nitrogen and oxygen atoms in total. The van der Waals surface area contributed by atoms with E-state index in [4.69, 9.17) is 4.18 Å². The molecule has 0 aliphatic rings. The van der Waals surface area contributed by atoms with Crippen LogP contribution >= 0.6 is 0 Å². The van der Waals surface area contributed by atoms with E-state index in [0.717, 1.165) is 11.1 Å². The van der Waals surface area contributed by atoms with Gasteiger partial charge in [-0.15, -0.1) is 0 Å². The Morgan fingerprint density at radius 2 is 1.44 bits per heavy atom. The Balaban J connectivity index is 2.14. The van der Waals surface area contributed by atoms with Crippen LogP contribution in [-0.2, 0) is 23.2 Å². The van der Waals surface area contributed by atoms with Crippen molar-refractivity contribution in [3.8, 4) is 5.75 Å². The summed E-state index contributed by atoms with van der Waals surface area (Å²) in [5.41, 5.74) is 1.62. The molecule has 2 aromatic rings. The molecule has 0 heterocycles. The highest BCUT2D eigenvalue weighted by molar-refractivity contribution is 7.87. The van der Waals surface area contributed by atoms with Crippen LogP contribution in [0, 0.1) is 5.82 Å². The van der Waals surface area contributed by atoms with Crippen molar-refractivity contribution in [3.05, 3.63) is 65.5 Å². The number of hydrogen-bond donors (Lipinski definition) is 0. The molecule has 0 aromatic heterocycles. The van der Waals surface area contributed by atoms with Gasteiger partial charge in [-0.25, -0.2) is 9.18 Å². The Morgan fingerprint density at radius 1 is 0.963 bits per heavy atom. The van der Waals surface area contributed by atoms with Gasteiger partial charge < -0.3 is 14.0 Å². The van der Waals surface area contributed by atoms with Gasteiger partial charge in [-0.1, -0.05) is 24.3 Å². The van der Waals surface area contributed by atoms with E-state index in [-0.39, 0.29) is 23.4 Å². The van der Waals surface area contributed by atoms with Crippen LogP contribution in [0.5, 0.6) is 5.75 Å². The summed E-state index contributed by atoms with van der Waals surface area (Å²) in [4.78, 5) is 15.6. The minimum Gasteiger partial charge on any atom is -0.382 e. The molecule has 0 spiro atoms. The van der Waals surface area contributed by atoms with E-state index < -0.39 is 10.1 Å². The topological polar surface area (TPSA) is 66.9 Å². The van der Waals surface area contributed by atoms with Crippen molar-refractivity contribution in [2.45, 2.75) is 20.0 Å². The minimum absolute atomic E-state index is 0.114. The quantitative estimate of drug-likeness (QED) is 0.676. The highest BCUT2D eigenvalue weighted by Crippen LogP contribution is 2.18. The Kier molecular flexibility index (Phi) is 6.79. The van der Waals surface area contributed by atoms with E-state index in [1.807, 2.05) is 0 Å². The average molecular weight is 394 g/mol.